The van der Waals surface area contributed by atoms with Gasteiger partial charge in [0, 0.05) is 32.3 Å². The summed E-state index contributed by atoms with van der Waals surface area (Å²) in [6.07, 6.45) is 1.62. The average molecular weight is 529 g/mol. The Morgan fingerprint density at radius 1 is 0.889 bits per heavy atom. The first-order chi connectivity index (χ1) is 17.2. The minimum absolute atomic E-state index is 0.0736. The lowest BCUT2D eigenvalue weighted by Gasteiger charge is -2.32. The van der Waals surface area contributed by atoms with E-state index in [-0.39, 0.29) is 12.5 Å². The van der Waals surface area contributed by atoms with E-state index in [1.54, 1.807) is 31.1 Å². The fourth-order valence-corrected chi connectivity index (χ4v) is 4.45. The molecule has 3 rings (SSSR count). The van der Waals surface area contributed by atoms with Crippen LogP contribution in [0.5, 0.6) is 0 Å². The van der Waals surface area contributed by atoms with E-state index in [4.69, 9.17) is 16.7 Å². The van der Waals surface area contributed by atoms with Crippen molar-refractivity contribution in [2.45, 2.75) is 37.2 Å². The number of nitrogens with one attached hydrogen (secondary N) is 1. The zero-order chi connectivity index (χ0) is 26.6. The Hall–Kier alpha value is -2.35. The zero-order valence-electron chi connectivity index (χ0n) is 21.2. The predicted octanol–water partition coefficient (Wildman–Crippen LogP) is 5.21. The Kier molecular flexibility index (Phi) is 12.0. The lowest BCUT2D eigenvalue weighted by Crippen LogP contribution is -2.42. The van der Waals surface area contributed by atoms with Crippen molar-refractivity contribution >= 4 is 30.3 Å². The summed E-state index contributed by atoms with van der Waals surface area (Å²) in [5.41, 5.74) is 1.26. The SMILES string of the molecule is CN(C)C(=O)C(C)(c1ccccc1)c1ccccc1.OCCCC(O)(CCNS)c1ccc(Cl)cc1. The van der Waals surface area contributed by atoms with Gasteiger partial charge in [0.1, 0.15) is 0 Å². The molecule has 1 unspecified atom stereocenters. The summed E-state index contributed by atoms with van der Waals surface area (Å²) in [5, 5.41) is 20.1. The van der Waals surface area contributed by atoms with Gasteiger partial charge in [-0.1, -0.05) is 97.2 Å². The summed E-state index contributed by atoms with van der Waals surface area (Å²) >= 11 is 9.74. The van der Waals surface area contributed by atoms with Crippen molar-refractivity contribution in [2.75, 3.05) is 27.2 Å². The van der Waals surface area contributed by atoms with E-state index in [0.29, 0.717) is 30.8 Å². The van der Waals surface area contributed by atoms with Crippen molar-refractivity contribution in [1.29, 1.82) is 0 Å². The fraction of sp³-hybridized carbons (Fsp3) is 0.345. The van der Waals surface area contributed by atoms with Crippen molar-refractivity contribution in [3.8, 4) is 0 Å². The number of benzene rings is 3. The van der Waals surface area contributed by atoms with Gasteiger partial charge < -0.3 is 15.1 Å². The van der Waals surface area contributed by atoms with Crippen LogP contribution in [0, 0.1) is 0 Å². The van der Waals surface area contributed by atoms with Crippen molar-refractivity contribution in [3.05, 3.63) is 107 Å². The van der Waals surface area contributed by atoms with Crippen LogP contribution >= 0.6 is 24.4 Å². The van der Waals surface area contributed by atoms with Crippen molar-refractivity contribution in [3.63, 3.8) is 0 Å². The normalized spacial score (nSPS) is 12.8. The van der Waals surface area contributed by atoms with E-state index in [2.05, 4.69) is 17.5 Å². The Morgan fingerprint density at radius 2 is 1.39 bits per heavy atom. The lowest BCUT2D eigenvalue weighted by molar-refractivity contribution is -0.132. The molecule has 3 aromatic carbocycles. The second kappa shape index (κ2) is 14.4. The Bertz CT molecular complexity index is 1000. The molecule has 0 radical (unpaired) electrons. The van der Waals surface area contributed by atoms with Crippen LogP contribution in [0.15, 0.2) is 84.9 Å². The first-order valence-electron chi connectivity index (χ1n) is 12.0. The molecule has 194 valence electrons. The molecule has 0 aliphatic heterocycles. The summed E-state index contributed by atoms with van der Waals surface area (Å²) in [6, 6.07) is 27.0. The van der Waals surface area contributed by atoms with Gasteiger partial charge in [0.05, 0.1) is 11.0 Å². The van der Waals surface area contributed by atoms with Crippen molar-refractivity contribution in [2.24, 2.45) is 0 Å². The van der Waals surface area contributed by atoms with Gasteiger partial charge in [-0.25, -0.2) is 0 Å². The van der Waals surface area contributed by atoms with Crippen molar-refractivity contribution in [1.82, 2.24) is 9.62 Å². The molecule has 0 aliphatic rings. The molecule has 0 spiro atoms. The van der Waals surface area contributed by atoms with Gasteiger partial charge >= 0.3 is 0 Å². The van der Waals surface area contributed by atoms with Crippen LogP contribution < -0.4 is 4.72 Å². The summed E-state index contributed by atoms with van der Waals surface area (Å²) in [4.78, 5) is 14.3. The third kappa shape index (κ3) is 7.82. The highest BCUT2D eigenvalue weighted by Crippen LogP contribution is 2.33. The van der Waals surface area contributed by atoms with Crippen molar-refractivity contribution < 1.29 is 15.0 Å². The number of aliphatic hydroxyl groups excluding tert-OH is 1. The molecular weight excluding hydrogens is 492 g/mol. The van der Waals surface area contributed by atoms with E-state index in [1.165, 1.54) is 0 Å². The Balaban J connectivity index is 0.000000255. The number of aliphatic hydroxyl groups is 2. The van der Waals surface area contributed by atoms with E-state index in [0.717, 1.165) is 16.7 Å². The minimum atomic E-state index is -0.941. The van der Waals surface area contributed by atoms with Crippen LogP contribution in [0.25, 0.3) is 0 Å². The number of rotatable bonds is 10. The van der Waals surface area contributed by atoms with Gasteiger partial charge in [-0.05, 0) is 55.0 Å². The number of amides is 1. The minimum Gasteiger partial charge on any atom is -0.396 e. The topological polar surface area (TPSA) is 72.8 Å². The second-order valence-corrected chi connectivity index (χ2v) is 9.83. The lowest BCUT2D eigenvalue weighted by atomic mass is 9.75. The van der Waals surface area contributed by atoms with Gasteiger partial charge in [-0.3, -0.25) is 9.52 Å². The molecule has 0 bridgehead atoms. The van der Waals surface area contributed by atoms with Gasteiger partial charge in [0.15, 0.2) is 0 Å². The molecule has 3 aromatic rings. The zero-order valence-corrected chi connectivity index (χ0v) is 22.8. The maximum atomic E-state index is 12.7. The molecule has 5 nitrogen and oxygen atoms in total. The highest BCUT2D eigenvalue weighted by atomic mass is 35.5. The van der Waals surface area contributed by atoms with Crippen LogP contribution in [0.1, 0.15) is 42.9 Å². The van der Waals surface area contributed by atoms with Gasteiger partial charge in [-0.2, -0.15) is 0 Å². The summed E-state index contributed by atoms with van der Waals surface area (Å²) in [7, 11) is 3.60. The van der Waals surface area contributed by atoms with E-state index in [9.17, 15) is 9.90 Å². The molecule has 7 heteroatoms. The smallest absolute Gasteiger partial charge is 0.236 e. The second-order valence-electron chi connectivity index (χ2n) is 9.08. The molecule has 1 atom stereocenters. The number of thiol groups is 1. The molecule has 0 saturated carbocycles. The molecule has 0 fully saturated rings. The summed E-state index contributed by atoms with van der Waals surface area (Å²) in [5.74, 6) is 0.0879. The molecule has 36 heavy (non-hydrogen) atoms. The van der Waals surface area contributed by atoms with Crippen LogP contribution in [0.2, 0.25) is 5.02 Å². The number of halogens is 1. The third-order valence-electron chi connectivity index (χ3n) is 6.32. The van der Waals surface area contributed by atoms with Gasteiger partial charge in [0.2, 0.25) is 5.91 Å². The van der Waals surface area contributed by atoms with Crippen LogP contribution in [0.4, 0.5) is 0 Å². The van der Waals surface area contributed by atoms with Gasteiger partial charge in [-0.15, -0.1) is 0 Å². The molecule has 0 aromatic heterocycles. The number of likely N-dealkylation sites (N-methyl/N-ethyl adjacent to an activating group) is 1. The molecule has 0 saturated heterocycles. The van der Waals surface area contributed by atoms with E-state index >= 15 is 0 Å². The van der Waals surface area contributed by atoms with Crippen LogP contribution in [-0.2, 0) is 15.8 Å². The average Bonchev–Trinajstić information content (AvgIpc) is 2.91. The third-order valence-corrected chi connectivity index (χ3v) is 6.79. The highest BCUT2D eigenvalue weighted by Gasteiger charge is 2.38. The predicted molar refractivity (Wildman–Crippen MR) is 151 cm³/mol. The monoisotopic (exact) mass is 528 g/mol. The number of carbonyl (C=O) groups excluding carboxylic acids is 1. The number of carbonyl (C=O) groups is 1. The number of hydrogen-bond donors (Lipinski definition) is 4. The van der Waals surface area contributed by atoms with Crippen LogP contribution in [-0.4, -0.2) is 48.3 Å². The maximum Gasteiger partial charge on any atom is 0.236 e. The number of hydrogen-bond acceptors (Lipinski definition) is 5. The number of nitrogens with zero attached hydrogens (tertiary/aromatic N) is 1. The molecule has 0 aliphatic carbocycles. The molecule has 3 N–H and O–H groups in total. The Morgan fingerprint density at radius 3 is 1.81 bits per heavy atom. The first-order valence-corrected chi connectivity index (χ1v) is 12.8. The largest absolute Gasteiger partial charge is 0.396 e. The quantitative estimate of drug-likeness (QED) is 0.273. The fourth-order valence-electron chi connectivity index (χ4n) is 4.21. The van der Waals surface area contributed by atoms with E-state index in [1.807, 2.05) is 79.7 Å². The van der Waals surface area contributed by atoms with Crippen LogP contribution in [0.3, 0.4) is 0 Å². The highest BCUT2D eigenvalue weighted by molar-refractivity contribution is 7.78. The van der Waals surface area contributed by atoms with E-state index < -0.39 is 11.0 Å². The Labute approximate surface area is 225 Å². The maximum absolute atomic E-state index is 12.7. The summed E-state index contributed by atoms with van der Waals surface area (Å²) in [6.45, 7) is 2.65. The molecular formula is C29H37ClN2O3S. The standard InChI is InChI=1S/C17H19NO.C12H18ClNO2S/c1-17(16(19)18(2)3,14-10-6-4-7-11-14)15-12-8-5-9-13-15;13-11-4-2-10(3-5-11)12(16,6-1-9-15)7-8-14-17/h4-13H,1-3H3;2-5,14-17H,1,6-9H2. The molecule has 0 heterocycles. The molecule has 1 amide bonds. The first kappa shape index (κ1) is 29.9. The van der Waals surface area contributed by atoms with Gasteiger partial charge in [0.25, 0.3) is 0 Å². The summed E-state index contributed by atoms with van der Waals surface area (Å²) < 4.78 is 2.73.